The molecule has 224 valence electrons. The highest BCUT2D eigenvalue weighted by Crippen LogP contribution is 2.43. The van der Waals surface area contributed by atoms with Crippen LogP contribution >= 0.6 is 0 Å². The van der Waals surface area contributed by atoms with Crippen LogP contribution in [0.15, 0.2) is 27.8 Å². The van der Waals surface area contributed by atoms with Gasteiger partial charge in [-0.2, -0.15) is 0 Å². The van der Waals surface area contributed by atoms with E-state index in [4.69, 9.17) is 19.9 Å². The van der Waals surface area contributed by atoms with Gasteiger partial charge in [0.2, 0.25) is 0 Å². The number of phenols is 1. The maximum atomic E-state index is 13.7. The Balaban J connectivity index is 1.52. The third-order valence-corrected chi connectivity index (χ3v) is 8.73. The molecule has 0 bridgehead atoms. The number of benzene rings is 2. The van der Waals surface area contributed by atoms with Crippen LogP contribution in [-0.4, -0.2) is 39.0 Å². The highest BCUT2D eigenvalue weighted by molar-refractivity contribution is 5.99. The molecule has 0 radical (unpaired) electrons. The minimum atomic E-state index is -1.34. The summed E-state index contributed by atoms with van der Waals surface area (Å²) in [5.74, 6) is 0.932. The van der Waals surface area contributed by atoms with Crippen LogP contribution in [0.1, 0.15) is 61.3 Å². The molecule has 11 heteroatoms. The fourth-order valence-corrected chi connectivity index (χ4v) is 5.83. The number of ether oxygens (including phenoxy) is 3. The number of nitrogens with one attached hydrogen (secondary N) is 1. The minimum Gasteiger partial charge on any atom is -0.507 e. The Bertz CT molecular complexity index is 1700. The Labute approximate surface area is 243 Å². The zero-order chi connectivity index (χ0) is 30.5. The molecular weight excluding hydrogens is 540 g/mol. The average Bonchev–Trinajstić information content (AvgIpc) is 3.49. The van der Waals surface area contributed by atoms with Crippen molar-refractivity contribution in [3.8, 4) is 28.7 Å². The summed E-state index contributed by atoms with van der Waals surface area (Å²) >= 11 is 0. The summed E-state index contributed by atoms with van der Waals surface area (Å²) in [5.41, 5.74) is 6.79. The van der Waals surface area contributed by atoms with Crippen molar-refractivity contribution in [2.45, 2.75) is 77.9 Å². The number of nitrogens with two attached hydrogens (primary N) is 1. The molecule has 1 aliphatic carbocycles. The number of fused-ring (bicyclic) bond motifs is 1. The zero-order valence-electron chi connectivity index (χ0n) is 24.9. The molecule has 11 nitrogen and oxygen atoms in total. The smallest absolute Gasteiger partial charge is 0.337 e. The van der Waals surface area contributed by atoms with E-state index in [1.807, 2.05) is 13.8 Å². The van der Waals surface area contributed by atoms with Gasteiger partial charge in [0, 0.05) is 25.1 Å². The Kier molecular flexibility index (Phi) is 7.46. The molecular formula is C31H38N4O7. The lowest BCUT2D eigenvalue weighted by Crippen LogP contribution is -2.50. The number of carbonyl (C=O) groups excluding carboxylic acids is 1. The summed E-state index contributed by atoms with van der Waals surface area (Å²) < 4.78 is 20.0. The Morgan fingerprint density at radius 3 is 2.48 bits per heavy atom. The molecule has 3 aromatic rings. The van der Waals surface area contributed by atoms with Gasteiger partial charge < -0.3 is 30.4 Å². The normalized spacial score (nSPS) is 18.3. The molecule has 42 heavy (non-hydrogen) atoms. The number of aromatic nitrogens is 2. The maximum Gasteiger partial charge on any atom is 0.337 e. The predicted octanol–water partition coefficient (Wildman–Crippen LogP) is 3.80. The number of hydrogen-bond acceptors (Lipinski definition) is 8. The lowest BCUT2D eigenvalue weighted by atomic mass is 9.86. The third-order valence-electron chi connectivity index (χ3n) is 8.73. The molecule has 2 aromatic carbocycles. The summed E-state index contributed by atoms with van der Waals surface area (Å²) in [6, 6.07) is 4.96. The molecule has 1 atom stereocenters. The molecule has 2 aliphatic rings. The van der Waals surface area contributed by atoms with Crippen molar-refractivity contribution < 1.29 is 24.1 Å². The quantitative estimate of drug-likeness (QED) is 0.400. The molecule has 1 amide bonds. The van der Waals surface area contributed by atoms with Gasteiger partial charge in [0.1, 0.15) is 23.0 Å². The van der Waals surface area contributed by atoms with Gasteiger partial charge in [-0.3, -0.25) is 14.2 Å². The number of nitrogen functional groups attached to an aromatic ring is 1. The van der Waals surface area contributed by atoms with E-state index in [0.29, 0.717) is 41.3 Å². The van der Waals surface area contributed by atoms with Crippen LogP contribution in [0.25, 0.3) is 5.69 Å². The second-order valence-electron chi connectivity index (χ2n) is 11.4. The third kappa shape index (κ3) is 4.76. The molecule has 0 spiro atoms. The number of hydrogen-bond donors (Lipinski definition) is 3. The summed E-state index contributed by atoms with van der Waals surface area (Å²) in [4.78, 5) is 40.3. The second-order valence-corrected chi connectivity index (χ2v) is 11.4. The summed E-state index contributed by atoms with van der Waals surface area (Å²) in [6.07, 6.45) is 4.85. The van der Waals surface area contributed by atoms with Gasteiger partial charge >= 0.3 is 5.69 Å². The van der Waals surface area contributed by atoms with Crippen molar-refractivity contribution in [3.63, 3.8) is 0 Å². The number of phenolic OH excluding ortho intramolecular Hbond substituents is 1. The lowest BCUT2D eigenvalue weighted by Gasteiger charge is -2.36. The Hall–Kier alpha value is -4.41. The Morgan fingerprint density at radius 2 is 1.81 bits per heavy atom. The van der Waals surface area contributed by atoms with E-state index >= 15 is 0 Å². The van der Waals surface area contributed by atoms with Gasteiger partial charge in [0.15, 0.2) is 17.1 Å². The number of nitrogens with zero attached hydrogens (tertiary/aromatic N) is 2. The van der Waals surface area contributed by atoms with Gasteiger partial charge in [0.25, 0.3) is 11.5 Å². The van der Waals surface area contributed by atoms with Crippen LogP contribution in [-0.2, 0) is 18.3 Å². The van der Waals surface area contributed by atoms with E-state index < -0.39 is 22.8 Å². The molecule has 5 rings (SSSR count). The summed E-state index contributed by atoms with van der Waals surface area (Å²) in [6.45, 7) is 7.10. The number of rotatable bonds is 6. The van der Waals surface area contributed by atoms with E-state index in [1.165, 1.54) is 14.2 Å². The van der Waals surface area contributed by atoms with E-state index in [0.717, 1.165) is 51.5 Å². The lowest BCUT2D eigenvalue weighted by molar-refractivity contribution is -0.131. The van der Waals surface area contributed by atoms with Crippen LogP contribution in [0.3, 0.4) is 0 Å². The first-order valence-electron chi connectivity index (χ1n) is 14.2. The van der Waals surface area contributed by atoms with Crippen LogP contribution < -0.4 is 36.5 Å². The molecule has 0 saturated heterocycles. The monoisotopic (exact) mass is 578 g/mol. The largest absolute Gasteiger partial charge is 0.507 e. The maximum absolute atomic E-state index is 13.7. The van der Waals surface area contributed by atoms with Crippen molar-refractivity contribution in [2.24, 2.45) is 7.05 Å². The first-order valence-corrected chi connectivity index (χ1v) is 14.2. The average molecular weight is 579 g/mol. The van der Waals surface area contributed by atoms with Crippen LogP contribution in [0.2, 0.25) is 0 Å². The van der Waals surface area contributed by atoms with E-state index in [-0.39, 0.29) is 23.4 Å². The zero-order valence-corrected chi connectivity index (χ0v) is 24.9. The number of methoxy groups -OCH3 is 1. The second kappa shape index (κ2) is 10.8. The first-order chi connectivity index (χ1) is 19.9. The number of amides is 1. The molecule has 1 saturated carbocycles. The van der Waals surface area contributed by atoms with Crippen LogP contribution in [0.5, 0.6) is 23.0 Å². The van der Waals surface area contributed by atoms with Gasteiger partial charge in [-0.05, 0) is 88.6 Å². The van der Waals surface area contributed by atoms with Crippen LogP contribution in [0.4, 0.5) is 11.5 Å². The van der Waals surface area contributed by atoms with E-state index in [1.54, 1.807) is 32.0 Å². The van der Waals surface area contributed by atoms with Crippen molar-refractivity contribution in [2.75, 3.05) is 18.2 Å². The first kappa shape index (κ1) is 29.1. The molecule has 1 fully saturated rings. The topological polar surface area (TPSA) is 147 Å². The highest BCUT2D eigenvalue weighted by Gasteiger charge is 2.41. The molecule has 4 N–H and O–H groups in total. The Morgan fingerprint density at radius 1 is 1.12 bits per heavy atom. The highest BCUT2D eigenvalue weighted by atomic mass is 16.5. The number of carbonyl (C=O) groups is 1. The van der Waals surface area contributed by atoms with Gasteiger partial charge in [-0.15, -0.1) is 0 Å². The summed E-state index contributed by atoms with van der Waals surface area (Å²) in [5, 5.41) is 13.2. The molecule has 1 unspecified atom stereocenters. The SMILES string of the molecule is COc1ccc(-n2c(N)c(NC(=O)C3(C)CCc4c(C)c(O)c(C)c(C)c4O3)c(=O)n(C)c2=O)cc1OC1CCCC1. The van der Waals surface area contributed by atoms with Crippen molar-refractivity contribution in [3.05, 3.63) is 61.3 Å². The van der Waals surface area contributed by atoms with E-state index in [9.17, 15) is 19.5 Å². The van der Waals surface area contributed by atoms with E-state index in [2.05, 4.69) is 5.32 Å². The fraction of sp³-hybridized carbons (Fsp3) is 0.452. The fourth-order valence-electron chi connectivity index (χ4n) is 5.83. The van der Waals surface area contributed by atoms with Crippen molar-refractivity contribution >= 4 is 17.4 Å². The standard InChI is InChI=1S/C31H38N4O7/c1-16-17(2)26-21(18(3)25(16)36)13-14-31(4,42-26)29(38)33-24-27(32)35(30(39)34(5)28(24)37)19-11-12-22(40-6)23(15-19)41-20-9-7-8-10-20/h11-12,15,20,36H,7-10,13-14,32H2,1-6H3,(H,33,38). The minimum absolute atomic E-state index is 0.0414. The molecule has 1 aliphatic heterocycles. The summed E-state index contributed by atoms with van der Waals surface area (Å²) in [7, 11) is 2.86. The molecule has 2 heterocycles. The molecule has 1 aromatic heterocycles. The van der Waals surface area contributed by atoms with Gasteiger partial charge in [0.05, 0.1) is 18.9 Å². The van der Waals surface area contributed by atoms with Crippen molar-refractivity contribution in [1.29, 1.82) is 0 Å². The van der Waals surface area contributed by atoms with Crippen molar-refractivity contribution in [1.82, 2.24) is 9.13 Å². The van der Waals surface area contributed by atoms with Crippen LogP contribution in [0, 0.1) is 20.8 Å². The predicted molar refractivity (Wildman–Crippen MR) is 159 cm³/mol. The number of anilines is 2. The van der Waals surface area contributed by atoms with Gasteiger partial charge in [-0.25, -0.2) is 9.36 Å². The number of aromatic hydroxyl groups is 1. The van der Waals surface area contributed by atoms with Gasteiger partial charge in [-0.1, -0.05) is 0 Å².